The summed E-state index contributed by atoms with van der Waals surface area (Å²) in [5, 5.41) is 19.5. The maximum absolute atomic E-state index is 10.4. The molecule has 1 heterocycles. The summed E-state index contributed by atoms with van der Waals surface area (Å²) in [6, 6.07) is 2.14. The van der Waals surface area contributed by atoms with Crippen LogP contribution in [-0.4, -0.2) is 16.6 Å². The van der Waals surface area contributed by atoms with E-state index in [0.29, 0.717) is 5.76 Å². The van der Waals surface area contributed by atoms with E-state index in [-0.39, 0.29) is 12.5 Å². The van der Waals surface area contributed by atoms with Crippen molar-refractivity contribution >= 4 is 5.88 Å². The molecule has 15 heavy (non-hydrogen) atoms. The van der Waals surface area contributed by atoms with E-state index in [9.17, 15) is 10.1 Å². The van der Waals surface area contributed by atoms with Crippen molar-refractivity contribution in [2.24, 2.45) is 11.1 Å². The summed E-state index contributed by atoms with van der Waals surface area (Å²) in [6.07, 6.45) is 0. The van der Waals surface area contributed by atoms with Crippen LogP contribution in [0.15, 0.2) is 16.5 Å². The number of hydrogen-bond donors (Lipinski definition) is 2. The number of furan rings is 1. The van der Waals surface area contributed by atoms with Crippen LogP contribution in [0.4, 0.5) is 5.88 Å². The highest BCUT2D eigenvalue weighted by Crippen LogP contribution is 2.32. The number of aliphatic hydroxyl groups excluding tert-OH is 1. The van der Waals surface area contributed by atoms with E-state index >= 15 is 0 Å². The summed E-state index contributed by atoms with van der Waals surface area (Å²) < 4.78 is 4.96. The van der Waals surface area contributed by atoms with Gasteiger partial charge in [-0.25, -0.2) is 0 Å². The van der Waals surface area contributed by atoms with Crippen molar-refractivity contribution in [2.75, 3.05) is 6.61 Å². The molecule has 1 atom stereocenters. The van der Waals surface area contributed by atoms with Crippen molar-refractivity contribution in [3.63, 3.8) is 0 Å². The van der Waals surface area contributed by atoms with Gasteiger partial charge in [-0.3, -0.25) is 10.1 Å². The molecule has 84 valence electrons. The molecule has 0 amide bonds. The first-order valence-electron chi connectivity index (χ1n) is 4.49. The number of aliphatic hydroxyl groups is 1. The summed E-state index contributed by atoms with van der Waals surface area (Å²) in [4.78, 5) is 9.75. The molecule has 1 rings (SSSR count). The van der Waals surface area contributed by atoms with Gasteiger partial charge in [0.1, 0.15) is 10.7 Å². The Bertz CT molecular complexity index is 359. The smallest absolute Gasteiger partial charge is 0.404 e. The average molecular weight is 214 g/mol. The van der Waals surface area contributed by atoms with Gasteiger partial charge >= 0.3 is 5.88 Å². The first kappa shape index (κ1) is 11.7. The Hall–Kier alpha value is -1.40. The van der Waals surface area contributed by atoms with Crippen LogP contribution in [0.3, 0.4) is 0 Å². The molecule has 0 spiro atoms. The zero-order valence-electron chi connectivity index (χ0n) is 8.64. The summed E-state index contributed by atoms with van der Waals surface area (Å²) in [6.45, 7) is 3.39. The molecule has 0 unspecified atom stereocenters. The standard InChI is InChI=1S/C9H14N2O4/c1-9(2,5-12)8(10)6-3-4-7(15-6)11(13)14/h3-4,8,12H,5,10H2,1-2H3/t8-/m1/s1. The average Bonchev–Trinajstić information content (AvgIpc) is 2.65. The molecule has 0 radical (unpaired) electrons. The van der Waals surface area contributed by atoms with E-state index in [2.05, 4.69) is 0 Å². The molecule has 0 aliphatic heterocycles. The lowest BCUT2D eigenvalue weighted by Gasteiger charge is -2.27. The van der Waals surface area contributed by atoms with Gasteiger partial charge in [0.2, 0.25) is 0 Å². The lowest BCUT2D eigenvalue weighted by atomic mass is 9.84. The van der Waals surface area contributed by atoms with Crippen molar-refractivity contribution in [1.82, 2.24) is 0 Å². The molecular weight excluding hydrogens is 200 g/mol. The lowest BCUT2D eigenvalue weighted by Crippen LogP contribution is -2.32. The van der Waals surface area contributed by atoms with Gasteiger partial charge in [-0.15, -0.1) is 0 Å². The summed E-state index contributed by atoms with van der Waals surface area (Å²) in [7, 11) is 0. The normalized spacial score (nSPS) is 13.9. The third kappa shape index (κ3) is 2.34. The Morgan fingerprint density at radius 3 is 2.67 bits per heavy atom. The second-order valence-electron chi connectivity index (χ2n) is 4.06. The fourth-order valence-corrected chi connectivity index (χ4v) is 1.09. The number of nitrogens with zero attached hydrogens (tertiary/aromatic N) is 1. The van der Waals surface area contributed by atoms with Crippen LogP contribution in [0.1, 0.15) is 25.6 Å². The van der Waals surface area contributed by atoms with Crippen molar-refractivity contribution < 1.29 is 14.4 Å². The number of hydrogen-bond acceptors (Lipinski definition) is 5. The van der Waals surface area contributed by atoms with Crippen LogP contribution >= 0.6 is 0 Å². The van der Waals surface area contributed by atoms with Crippen LogP contribution in [0.2, 0.25) is 0 Å². The van der Waals surface area contributed by atoms with Gasteiger partial charge in [0.05, 0.1) is 18.7 Å². The minimum absolute atomic E-state index is 0.122. The highest BCUT2D eigenvalue weighted by molar-refractivity contribution is 5.20. The molecule has 0 aliphatic carbocycles. The fourth-order valence-electron chi connectivity index (χ4n) is 1.09. The zero-order valence-corrected chi connectivity index (χ0v) is 8.64. The minimum Gasteiger partial charge on any atom is -0.404 e. The monoisotopic (exact) mass is 214 g/mol. The Labute approximate surface area is 86.8 Å². The SMILES string of the molecule is CC(C)(CO)[C@H](N)c1ccc([N+](=O)[O-])o1. The largest absolute Gasteiger partial charge is 0.433 e. The Morgan fingerprint density at radius 1 is 1.67 bits per heavy atom. The molecule has 0 saturated heterocycles. The number of nitro groups is 1. The number of rotatable bonds is 4. The molecule has 0 aliphatic rings. The molecule has 3 N–H and O–H groups in total. The second-order valence-corrected chi connectivity index (χ2v) is 4.06. The molecule has 0 fully saturated rings. The topological polar surface area (TPSA) is 103 Å². The van der Waals surface area contributed by atoms with Crippen molar-refractivity contribution in [3.8, 4) is 0 Å². The Kier molecular flexibility index (Phi) is 3.11. The predicted molar refractivity (Wildman–Crippen MR) is 53.2 cm³/mol. The molecule has 1 aromatic heterocycles. The van der Waals surface area contributed by atoms with Crippen LogP contribution in [0.5, 0.6) is 0 Å². The minimum atomic E-state index is -0.623. The molecule has 0 bridgehead atoms. The van der Waals surface area contributed by atoms with Gasteiger partial charge in [-0.2, -0.15) is 0 Å². The fraction of sp³-hybridized carbons (Fsp3) is 0.556. The van der Waals surface area contributed by atoms with Crippen molar-refractivity contribution in [3.05, 3.63) is 28.0 Å². The van der Waals surface area contributed by atoms with Crippen LogP contribution in [0.25, 0.3) is 0 Å². The van der Waals surface area contributed by atoms with Gasteiger partial charge < -0.3 is 15.3 Å². The van der Waals surface area contributed by atoms with Crippen molar-refractivity contribution in [1.29, 1.82) is 0 Å². The zero-order chi connectivity index (χ0) is 11.6. The van der Waals surface area contributed by atoms with E-state index in [0.717, 1.165) is 0 Å². The molecule has 6 nitrogen and oxygen atoms in total. The second kappa shape index (κ2) is 4.00. The summed E-state index contributed by atoms with van der Waals surface area (Å²) in [5.41, 5.74) is 5.24. The third-order valence-electron chi connectivity index (χ3n) is 2.35. The maximum Gasteiger partial charge on any atom is 0.433 e. The summed E-state index contributed by atoms with van der Waals surface area (Å²) in [5.74, 6) is -0.0325. The molecule has 6 heteroatoms. The summed E-state index contributed by atoms with van der Waals surface area (Å²) >= 11 is 0. The molecular formula is C9H14N2O4. The van der Waals surface area contributed by atoms with Crippen LogP contribution < -0.4 is 5.73 Å². The first-order valence-corrected chi connectivity index (χ1v) is 4.49. The van der Waals surface area contributed by atoms with Gasteiger partial charge in [0, 0.05) is 5.41 Å². The van der Waals surface area contributed by atoms with E-state index in [1.807, 2.05) is 0 Å². The Morgan fingerprint density at radius 2 is 2.27 bits per heavy atom. The number of nitrogens with two attached hydrogens (primary N) is 1. The van der Waals surface area contributed by atoms with Gasteiger partial charge in [-0.05, 0) is 6.07 Å². The third-order valence-corrected chi connectivity index (χ3v) is 2.35. The van der Waals surface area contributed by atoms with E-state index < -0.39 is 16.4 Å². The quantitative estimate of drug-likeness (QED) is 0.579. The van der Waals surface area contributed by atoms with E-state index in [4.69, 9.17) is 15.3 Å². The van der Waals surface area contributed by atoms with Crippen LogP contribution in [0, 0.1) is 15.5 Å². The Balaban J connectivity index is 2.92. The van der Waals surface area contributed by atoms with Crippen LogP contribution in [-0.2, 0) is 0 Å². The van der Waals surface area contributed by atoms with Gasteiger partial charge in [0.25, 0.3) is 0 Å². The van der Waals surface area contributed by atoms with E-state index in [1.54, 1.807) is 13.8 Å². The highest BCUT2D eigenvalue weighted by atomic mass is 16.6. The lowest BCUT2D eigenvalue weighted by molar-refractivity contribution is -0.402. The molecule has 0 saturated carbocycles. The van der Waals surface area contributed by atoms with Crippen molar-refractivity contribution in [2.45, 2.75) is 19.9 Å². The van der Waals surface area contributed by atoms with E-state index in [1.165, 1.54) is 12.1 Å². The highest BCUT2D eigenvalue weighted by Gasteiger charge is 2.30. The first-order chi connectivity index (χ1) is 6.88. The van der Waals surface area contributed by atoms with Gasteiger partial charge in [-0.1, -0.05) is 13.8 Å². The predicted octanol–water partition coefficient (Wildman–Crippen LogP) is 1.21. The van der Waals surface area contributed by atoms with Gasteiger partial charge in [0.15, 0.2) is 0 Å². The molecule has 1 aromatic rings. The molecule has 0 aromatic carbocycles. The maximum atomic E-state index is 10.4.